The highest BCUT2D eigenvalue weighted by Crippen LogP contribution is 2.26. The van der Waals surface area contributed by atoms with E-state index in [1.165, 1.54) is 0 Å². The van der Waals surface area contributed by atoms with Crippen molar-refractivity contribution in [3.05, 3.63) is 59.4 Å². The number of piperidine rings is 1. The molecule has 1 fully saturated rings. The van der Waals surface area contributed by atoms with Gasteiger partial charge in [-0.3, -0.25) is 9.59 Å². The summed E-state index contributed by atoms with van der Waals surface area (Å²) in [5.74, 6) is -3.57. The topological polar surface area (TPSA) is 105 Å². The Bertz CT molecular complexity index is 1320. The molecule has 1 aliphatic heterocycles. The van der Waals surface area contributed by atoms with Gasteiger partial charge in [-0.05, 0) is 61.6 Å². The molecule has 2 aromatic rings. The number of carbonyl (C=O) groups excluding carboxylic acids is 2. The third-order valence-electron chi connectivity index (χ3n) is 6.88. The summed E-state index contributed by atoms with van der Waals surface area (Å²) in [7, 11) is -3.28. The standard InChI is InChI=1S/C27H33F4N3O5S/c1-17(2)23(33-24(35)21-15-19(7-10-22(21)28)39-27(29,30)31)25(36)34-13-11-26(3,12-14-34)32-16-18-5-8-20(9-6-18)40(4,37)38/h5-10,15,17,23,32H,11-14,16H2,1-4H3,(H,33,35)/t23-/m1/s1. The number of hydrogen-bond donors (Lipinski definition) is 2. The molecule has 2 amide bonds. The second kappa shape index (κ2) is 12.1. The van der Waals surface area contributed by atoms with Crippen LogP contribution in [0.2, 0.25) is 0 Å². The summed E-state index contributed by atoms with van der Waals surface area (Å²) in [6.07, 6.45) is -2.66. The van der Waals surface area contributed by atoms with Gasteiger partial charge in [0.15, 0.2) is 9.84 Å². The van der Waals surface area contributed by atoms with Gasteiger partial charge in [-0.25, -0.2) is 12.8 Å². The molecule has 0 saturated carbocycles. The van der Waals surface area contributed by atoms with Crippen molar-refractivity contribution in [3.8, 4) is 5.75 Å². The number of nitrogens with one attached hydrogen (secondary N) is 2. The number of carbonyl (C=O) groups is 2. The van der Waals surface area contributed by atoms with Gasteiger partial charge in [-0.2, -0.15) is 0 Å². The van der Waals surface area contributed by atoms with Crippen LogP contribution in [0.5, 0.6) is 5.75 Å². The summed E-state index contributed by atoms with van der Waals surface area (Å²) in [6.45, 7) is 6.71. The molecule has 0 aromatic heterocycles. The summed E-state index contributed by atoms with van der Waals surface area (Å²) < 4.78 is 79.0. The molecule has 3 rings (SSSR count). The van der Waals surface area contributed by atoms with E-state index in [1.807, 2.05) is 6.92 Å². The zero-order chi connectivity index (χ0) is 29.9. The second-order valence-corrected chi connectivity index (χ2v) is 12.6. The molecular formula is C27H33F4N3O5S. The molecule has 0 unspecified atom stereocenters. The van der Waals surface area contributed by atoms with Crippen molar-refractivity contribution in [2.75, 3.05) is 19.3 Å². The van der Waals surface area contributed by atoms with Gasteiger partial charge in [-0.15, -0.1) is 13.2 Å². The molecule has 1 saturated heterocycles. The number of ether oxygens (including phenoxy) is 1. The third-order valence-corrected chi connectivity index (χ3v) is 8.01. The fourth-order valence-electron chi connectivity index (χ4n) is 4.37. The molecule has 0 aliphatic carbocycles. The van der Waals surface area contributed by atoms with Crippen LogP contribution in [0.15, 0.2) is 47.4 Å². The van der Waals surface area contributed by atoms with E-state index in [2.05, 4.69) is 15.4 Å². The first-order valence-corrected chi connectivity index (χ1v) is 14.6. The van der Waals surface area contributed by atoms with Crippen molar-refractivity contribution in [1.29, 1.82) is 0 Å². The van der Waals surface area contributed by atoms with Crippen LogP contribution >= 0.6 is 0 Å². The Kier molecular flexibility index (Phi) is 9.50. The lowest BCUT2D eigenvalue weighted by Crippen LogP contribution is -2.57. The molecule has 220 valence electrons. The average Bonchev–Trinajstić information content (AvgIpc) is 2.86. The number of benzene rings is 2. The van der Waals surface area contributed by atoms with Crippen LogP contribution in [-0.2, 0) is 21.2 Å². The smallest absolute Gasteiger partial charge is 0.406 e. The van der Waals surface area contributed by atoms with Crippen LogP contribution in [0.4, 0.5) is 17.6 Å². The molecule has 0 spiro atoms. The quantitative estimate of drug-likeness (QED) is 0.429. The fraction of sp³-hybridized carbons (Fsp3) is 0.481. The number of likely N-dealkylation sites (tertiary alicyclic amines) is 1. The van der Waals surface area contributed by atoms with E-state index < -0.39 is 45.3 Å². The molecule has 1 aliphatic rings. The SMILES string of the molecule is CC(C)[C@@H](NC(=O)c1cc(OC(F)(F)F)ccc1F)C(=O)N1CCC(C)(NCc2ccc(S(C)(=O)=O)cc2)CC1. The summed E-state index contributed by atoms with van der Waals surface area (Å²) in [5.41, 5.74) is -0.0582. The summed E-state index contributed by atoms with van der Waals surface area (Å²) >= 11 is 0. The number of nitrogens with zero attached hydrogens (tertiary/aromatic N) is 1. The Hall–Kier alpha value is -3.19. The van der Waals surface area contributed by atoms with Gasteiger partial charge in [0.1, 0.15) is 17.6 Å². The monoisotopic (exact) mass is 587 g/mol. The van der Waals surface area contributed by atoms with Crippen molar-refractivity contribution in [2.24, 2.45) is 5.92 Å². The van der Waals surface area contributed by atoms with E-state index in [9.17, 15) is 35.6 Å². The maximum atomic E-state index is 14.3. The summed E-state index contributed by atoms with van der Waals surface area (Å²) in [4.78, 5) is 28.0. The van der Waals surface area contributed by atoms with Gasteiger partial charge in [0.25, 0.3) is 5.91 Å². The Morgan fingerprint density at radius 1 is 1.07 bits per heavy atom. The van der Waals surface area contributed by atoms with Crippen molar-refractivity contribution in [2.45, 2.75) is 63.0 Å². The van der Waals surface area contributed by atoms with E-state index in [-0.39, 0.29) is 22.3 Å². The zero-order valence-corrected chi connectivity index (χ0v) is 23.5. The van der Waals surface area contributed by atoms with E-state index in [0.717, 1.165) is 17.9 Å². The first kappa shape index (κ1) is 31.3. The van der Waals surface area contributed by atoms with Crippen LogP contribution in [0.25, 0.3) is 0 Å². The first-order chi connectivity index (χ1) is 18.5. The molecule has 2 aromatic carbocycles. The number of rotatable bonds is 9. The van der Waals surface area contributed by atoms with Gasteiger partial charge < -0.3 is 20.3 Å². The van der Waals surface area contributed by atoms with Gasteiger partial charge in [-0.1, -0.05) is 26.0 Å². The summed E-state index contributed by atoms with van der Waals surface area (Å²) in [6, 6.07) is 7.68. The minimum absolute atomic E-state index is 0.242. The van der Waals surface area contributed by atoms with Crippen LogP contribution in [0, 0.1) is 11.7 Å². The predicted molar refractivity (Wildman–Crippen MR) is 140 cm³/mol. The van der Waals surface area contributed by atoms with E-state index in [4.69, 9.17) is 0 Å². The zero-order valence-electron chi connectivity index (χ0n) is 22.6. The number of sulfone groups is 1. The Morgan fingerprint density at radius 3 is 2.20 bits per heavy atom. The number of alkyl halides is 3. The lowest BCUT2D eigenvalue weighted by atomic mass is 9.88. The van der Waals surface area contributed by atoms with Gasteiger partial charge in [0, 0.05) is 31.4 Å². The lowest BCUT2D eigenvalue weighted by molar-refractivity contribution is -0.274. The highest BCUT2D eigenvalue weighted by molar-refractivity contribution is 7.90. The van der Waals surface area contributed by atoms with Crippen molar-refractivity contribution >= 4 is 21.7 Å². The maximum Gasteiger partial charge on any atom is 0.573 e. The van der Waals surface area contributed by atoms with Crippen LogP contribution in [0.3, 0.4) is 0 Å². The highest BCUT2D eigenvalue weighted by atomic mass is 32.2. The Labute approximate surface area is 231 Å². The summed E-state index contributed by atoms with van der Waals surface area (Å²) in [5, 5.41) is 5.95. The number of hydrogen-bond acceptors (Lipinski definition) is 6. The number of amides is 2. The van der Waals surface area contributed by atoms with Crippen LogP contribution in [0.1, 0.15) is 49.5 Å². The van der Waals surface area contributed by atoms with E-state index in [0.29, 0.717) is 44.6 Å². The highest BCUT2D eigenvalue weighted by Gasteiger charge is 2.36. The van der Waals surface area contributed by atoms with E-state index in [1.54, 1.807) is 43.0 Å². The average molecular weight is 588 g/mol. The molecule has 40 heavy (non-hydrogen) atoms. The minimum Gasteiger partial charge on any atom is -0.406 e. The molecule has 13 heteroatoms. The normalized spacial score (nSPS) is 16.5. The van der Waals surface area contributed by atoms with Crippen molar-refractivity contribution in [3.63, 3.8) is 0 Å². The predicted octanol–water partition coefficient (Wildman–Crippen LogP) is 4.05. The molecule has 2 N–H and O–H groups in total. The molecular weight excluding hydrogens is 554 g/mol. The molecule has 0 radical (unpaired) electrons. The Morgan fingerprint density at radius 2 is 1.68 bits per heavy atom. The largest absolute Gasteiger partial charge is 0.573 e. The molecule has 1 heterocycles. The lowest BCUT2D eigenvalue weighted by Gasteiger charge is -2.41. The second-order valence-electron chi connectivity index (χ2n) is 10.5. The van der Waals surface area contributed by atoms with Gasteiger partial charge in [0.2, 0.25) is 5.91 Å². The minimum atomic E-state index is -5.01. The van der Waals surface area contributed by atoms with E-state index >= 15 is 0 Å². The first-order valence-electron chi connectivity index (χ1n) is 12.7. The van der Waals surface area contributed by atoms with Crippen molar-refractivity contribution < 1.29 is 40.3 Å². The molecule has 1 atom stereocenters. The third kappa shape index (κ3) is 8.40. The molecule has 8 nitrogen and oxygen atoms in total. The maximum absolute atomic E-state index is 14.3. The molecule has 0 bridgehead atoms. The fourth-order valence-corrected chi connectivity index (χ4v) is 5.00. The Balaban J connectivity index is 1.61. The van der Waals surface area contributed by atoms with Gasteiger partial charge >= 0.3 is 6.36 Å². The number of halogens is 4. The van der Waals surface area contributed by atoms with Gasteiger partial charge in [0.05, 0.1) is 10.5 Å². The van der Waals surface area contributed by atoms with Crippen LogP contribution < -0.4 is 15.4 Å². The van der Waals surface area contributed by atoms with Crippen molar-refractivity contribution in [1.82, 2.24) is 15.5 Å². The van der Waals surface area contributed by atoms with Crippen LogP contribution in [-0.4, -0.2) is 62.4 Å².